The van der Waals surface area contributed by atoms with Crippen LogP contribution in [0.4, 0.5) is 17.1 Å². The van der Waals surface area contributed by atoms with Crippen molar-refractivity contribution in [2.75, 3.05) is 70.6 Å². The number of ether oxygens (including phenoxy) is 5. The molecule has 6 amide bonds. The predicted octanol–water partition coefficient (Wildman–Crippen LogP) is 3.72. The van der Waals surface area contributed by atoms with Gasteiger partial charge in [0.15, 0.2) is 23.0 Å². The van der Waals surface area contributed by atoms with Gasteiger partial charge in [0.1, 0.15) is 43.2 Å². The Balaban J connectivity index is 0.959. The lowest BCUT2D eigenvalue weighted by Gasteiger charge is -2.43. The van der Waals surface area contributed by atoms with Crippen LogP contribution in [0.1, 0.15) is 55.8 Å². The van der Waals surface area contributed by atoms with E-state index in [-0.39, 0.29) is 65.7 Å². The van der Waals surface area contributed by atoms with E-state index in [9.17, 15) is 54.0 Å². The summed E-state index contributed by atoms with van der Waals surface area (Å²) in [5.41, 5.74) is 11.4. The van der Waals surface area contributed by atoms with Gasteiger partial charge in [-0.25, -0.2) is 0 Å². The van der Waals surface area contributed by atoms with Crippen LogP contribution in [0.3, 0.4) is 0 Å². The lowest BCUT2D eigenvalue weighted by molar-refractivity contribution is -0.955. The molecule has 24 nitrogen and oxygen atoms in total. The van der Waals surface area contributed by atoms with Gasteiger partial charge in [0.25, 0.3) is 23.6 Å². The van der Waals surface area contributed by atoms with Crippen LogP contribution < -0.4 is 50.7 Å². The van der Waals surface area contributed by atoms with Crippen LogP contribution in [-0.4, -0.2) is 161 Å². The summed E-state index contributed by atoms with van der Waals surface area (Å²) < 4.78 is 29.1. The molecule has 3 aliphatic rings. The Morgan fingerprint density at radius 3 is 2.07 bits per heavy atom. The third-order valence-corrected chi connectivity index (χ3v) is 15.8. The number of rotatable bonds is 23. The number of carbonyl (C=O) groups excluding carboxylic acids is 6. The zero-order valence-electron chi connectivity index (χ0n) is 47.6. The number of quaternary nitrogens is 1. The van der Waals surface area contributed by atoms with E-state index < -0.39 is 77.8 Å². The minimum Gasteiger partial charge on any atom is -0.493 e. The number of nitrogens with two attached hydrogens (primary N) is 1. The minimum absolute atomic E-state index is 0.00916. The SMILES string of the molecule is COc1cc2c(cc1OC)C[N+](CCc1ccc(NC(=O)c3cc(OC)c(OC)cc3NC(=O)c3cnc4ccccc4c3)cc1)(Cc1ccc(OC3C[C@H](C(=O)O)[C@@H](O)[C@H](O)[C@H]3O)c(NC(=O)CCNC(=O)[C@H](CN)N3C(=O)C=CC3=O)c1)CC2. The van der Waals surface area contributed by atoms with E-state index in [1.165, 1.54) is 32.5 Å². The second kappa shape index (κ2) is 26.6. The van der Waals surface area contributed by atoms with Gasteiger partial charge in [-0.05, 0) is 71.8 Å². The molecule has 1 aliphatic carbocycles. The molecule has 5 aromatic carbocycles. The van der Waals surface area contributed by atoms with E-state index in [4.69, 9.17) is 29.4 Å². The van der Waals surface area contributed by atoms with Crippen molar-refractivity contribution in [1.82, 2.24) is 15.2 Å². The van der Waals surface area contributed by atoms with Gasteiger partial charge >= 0.3 is 5.97 Å². The number of pyridine rings is 1. The molecule has 86 heavy (non-hydrogen) atoms. The van der Waals surface area contributed by atoms with Crippen molar-refractivity contribution in [3.05, 3.63) is 149 Å². The van der Waals surface area contributed by atoms with Gasteiger partial charge in [0.05, 0.1) is 81.6 Å². The van der Waals surface area contributed by atoms with Crippen LogP contribution >= 0.6 is 0 Å². The van der Waals surface area contributed by atoms with Crippen molar-refractivity contribution >= 4 is 69.4 Å². The summed E-state index contributed by atoms with van der Waals surface area (Å²) in [4.78, 5) is 96.7. The number of methoxy groups -OCH3 is 4. The number of aromatic nitrogens is 1. The largest absolute Gasteiger partial charge is 0.493 e. The number of anilines is 3. The standard InChI is InChI=1S/C62H66N8O16/c1-82-48-25-36-19-22-70(33-39(36)26-49(48)83-2,21-18-34-9-12-40(13-10-34)66-60(78)41-27-50(84-3)51(85-4)29-44(41)68-59(77)38-24-37-7-5-6-8-43(37)65-31-38)32-35-11-14-47(86-52-28-42(62(80)81)56(74)58(76)57(52)75)45(23-35)67-53(71)17-20-64-61(79)46(30-63)69-54(72)15-16-55(69)73/h5-16,23-27,29,31,42,46,52,56-58,74-76H,17-22,28,30,32-33,63H2,1-4H3,(H4-,64,66,67,68,71,77,78,79,80,81)/p+1/t42-,46-,52?,56+,57-,58-,70?/m0/s1. The van der Waals surface area contributed by atoms with Crippen LogP contribution in [-0.2, 0) is 49.9 Å². The number of aliphatic hydroxyl groups is 3. The van der Waals surface area contributed by atoms with E-state index in [0.29, 0.717) is 60.7 Å². The first-order chi connectivity index (χ1) is 41.3. The predicted molar refractivity (Wildman–Crippen MR) is 313 cm³/mol. The van der Waals surface area contributed by atoms with Gasteiger partial charge in [-0.3, -0.25) is 43.4 Å². The summed E-state index contributed by atoms with van der Waals surface area (Å²) in [7, 11) is 6.03. The Morgan fingerprint density at radius 1 is 0.721 bits per heavy atom. The lowest BCUT2D eigenvalue weighted by Crippen LogP contribution is -2.57. The molecule has 1 saturated carbocycles. The molecule has 1 aromatic heterocycles. The molecule has 6 aromatic rings. The number of aliphatic hydroxyl groups excluding tert-OH is 3. The number of hydrogen-bond donors (Lipinski definition) is 9. The molecule has 24 heteroatoms. The van der Waals surface area contributed by atoms with Crippen LogP contribution in [0.5, 0.6) is 28.7 Å². The molecule has 0 spiro atoms. The summed E-state index contributed by atoms with van der Waals surface area (Å²) in [6.07, 6.45) is -2.68. The number of carbonyl (C=O) groups is 7. The van der Waals surface area contributed by atoms with Gasteiger partial charge in [-0.2, -0.15) is 0 Å². The second-order valence-electron chi connectivity index (χ2n) is 21.2. The number of aliphatic carboxylic acids is 1. The van der Waals surface area contributed by atoms with E-state index in [1.54, 1.807) is 50.6 Å². The van der Waals surface area contributed by atoms with E-state index in [1.807, 2.05) is 48.5 Å². The number of amides is 6. The average molecular weight is 1180 g/mol. The molecule has 2 aliphatic heterocycles. The highest BCUT2D eigenvalue weighted by Gasteiger charge is 2.47. The maximum atomic E-state index is 14.1. The number of imide groups is 1. The quantitative estimate of drug-likeness (QED) is 0.0326. The molecule has 0 bridgehead atoms. The second-order valence-corrected chi connectivity index (χ2v) is 21.2. The summed E-state index contributed by atoms with van der Waals surface area (Å²) in [5.74, 6) is -5.00. The molecule has 0 saturated heterocycles. The molecular weight excluding hydrogens is 1110 g/mol. The van der Waals surface area contributed by atoms with Gasteiger partial charge < -0.3 is 75.6 Å². The topological polar surface area (TPSA) is 337 Å². The first-order valence-corrected chi connectivity index (χ1v) is 27.7. The summed E-state index contributed by atoms with van der Waals surface area (Å²) >= 11 is 0. The maximum Gasteiger partial charge on any atom is 0.309 e. The Bertz CT molecular complexity index is 3600. The van der Waals surface area contributed by atoms with Crippen molar-refractivity contribution in [3.8, 4) is 28.7 Å². The fourth-order valence-corrected chi connectivity index (χ4v) is 11.1. The highest BCUT2D eigenvalue weighted by Crippen LogP contribution is 2.39. The summed E-state index contributed by atoms with van der Waals surface area (Å²) in [6.45, 7) is 1.55. The zero-order valence-corrected chi connectivity index (χ0v) is 47.6. The Hall–Kier alpha value is -9.46. The van der Waals surface area contributed by atoms with E-state index in [0.717, 1.165) is 50.2 Å². The average Bonchev–Trinajstić information content (AvgIpc) is 2.45. The van der Waals surface area contributed by atoms with Crippen molar-refractivity contribution in [3.63, 3.8) is 0 Å². The van der Waals surface area contributed by atoms with Gasteiger partial charge in [0.2, 0.25) is 11.8 Å². The highest BCUT2D eigenvalue weighted by molar-refractivity contribution is 6.15. The third-order valence-electron chi connectivity index (χ3n) is 15.8. The molecule has 9 rings (SSSR count). The first kappa shape index (κ1) is 61.1. The summed E-state index contributed by atoms with van der Waals surface area (Å²) in [6, 6.07) is 27.1. The van der Waals surface area contributed by atoms with Crippen LogP contribution in [0.25, 0.3) is 10.9 Å². The fraction of sp³-hybridized carbons (Fsp3) is 0.323. The number of carboxylic acid groups (broad SMARTS) is 1. The van der Waals surface area contributed by atoms with Crippen LogP contribution in [0.15, 0.2) is 115 Å². The normalized spacial score (nSPS) is 20.1. The van der Waals surface area contributed by atoms with Crippen LogP contribution in [0, 0.1) is 5.92 Å². The fourth-order valence-electron chi connectivity index (χ4n) is 11.1. The zero-order chi connectivity index (χ0) is 61.4. The maximum absolute atomic E-state index is 14.1. The van der Waals surface area contributed by atoms with Gasteiger partial charge in [-0.15, -0.1) is 0 Å². The van der Waals surface area contributed by atoms with E-state index >= 15 is 0 Å². The molecule has 450 valence electrons. The van der Waals surface area contributed by atoms with Crippen molar-refractivity contribution in [2.24, 2.45) is 11.7 Å². The van der Waals surface area contributed by atoms with E-state index in [2.05, 4.69) is 26.3 Å². The number of hydrogen-bond acceptors (Lipinski definition) is 17. The van der Waals surface area contributed by atoms with Crippen molar-refractivity contribution in [1.29, 1.82) is 0 Å². The van der Waals surface area contributed by atoms with Crippen molar-refractivity contribution in [2.45, 2.75) is 69.2 Å². The van der Waals surface area contributed by atoms with Gasteiger partial charge in [-0.1, -0.05) is 30.3 Å². The van der Waals surface area contributed by atoms with Crippen LogP contribution in [0.2, 0.25) is 0 Å². The number of para-hydroxylation sites is 1. The monoisotopic (exact) mass is 1180 g/mol. The molecule has 10 N–H and O–H groups in total. The Morgan fingerprint density at radius 2 is 1.38 bits per heavy atom. The smallest absolute Gasteiger partial charge is 0.309 e. The molecule has 0 radical (unpaired) electrons. The molecule has 3 heterocycles. The molecular formula is C62H67N8O16+. The van der Waals surface area contributed by atoms with Crippen molar-refractivity contribution < 1.29 is 82.2 Å². The Labute approximate surface area is 494 Å². The first-order valence-electron chi connectivity index (χ1n) is 27.7. The molecule has 1 fully saturated rings. The molecule has 2 unspecified atom stereocenters. The number of carboxylic acids is 1. The number of nitrogens with one attached hydrogen (secondary N) is 4. The lowest BCUT2D eigenvalue weighted by atomic mass is 9.80. The number of nitrogens with zero attached hydrogens (tertiary/aromatic N) is 3. The third kappa shape index (κ3) is 13.5. The number of fused-ring (bicyclic) bond motifs is 2. The Kier molecular flexibility index (Phi) is 18.9. The number of benzene rings is 5. The van der Waals surface area contributed by atoms with Gasteiger partial charge in [0, 0.05) is 85.4 Å². The molecule has 7 atom stereocenters. The minimum atomic E-state index is -1.87. The summed E-state index contributed by atoms with van der Waals surface area (Å²) in [5, 5.41) is 54.1. The highest BCUT2D eigenvalue weighted by atomic mass is 16.5.